The van der Waals surface area contributed by atoms with Gasteiger partial charge in [-0.25, -0.2) is 0 Å². The van der Waals surface area contributed by atoms with E-state index in [2.05, 4.69) is 0 Å². The second-order valence-corrected chi connectivity index (χ2v) is 4.19. The van der Waals surface area contributed by atoms with Gasteiger partial charge in [0, 0.05) is 31.6 Å². The number of rotatable bonds is 6. The van der Waals surface area contributed by atoms with Gasteiger partial charge in [0.2, 0.25) is 5.91 Å². The monoisotopic (exact) mass is 265 g/mol. The van der Waals surface area contributed by atoms with E-state index in [-0.39, 0.29) is 24.5 Å². The summed E-state index contributed by atoms with van der Waals surface area (Å²) >= 11 is 0. The molecule has 0 aliphatic carbocycles. The smallest absolute Gasteiger partial charge is 0.227 e. The average molecular weight is 265 g/mol. The zero-order chi connectivity index (χ0) is 14.4. The first kappa shape index (κ1) is 15.0. The Morgan fingerprint density at radius 1 is 1.11 bits per heavy atom. The van der Waals surface area contributed by atoms with E-state index in [4.69, 9.17) is 9.47 Å². The Labute approximate surface area is 113 Å². The van der Waals surface area contributed by atoms with Gasteiger partial charge in [0.1, 0.15) is 5.78 Å². The molecule has 0 aliphatic rings. The molecule has 1 amide bonds. The summed E-state index contributed by atoms with van der Waals surface area (Å²) in [5.41, 5.74) is 0.700. The Kier molecular flexibility index (Phi) is 5.36. The lowest BCUT2D eigenvalue weighted by atomic mass is 10.2. The number of ether oxygens (including phenoxy) is 2. The number of methoxy groups -OCH3 is 2. The van der Waals surface area contributed by atoms with Gasteiger partial charge in [-0.05, 0) is 19.1 Å². The number of hydrogen-bond acceptors (Lipinski definition) is 4. The maximum absolute atomic E-state index is 11.9. The van der Waals surface area contributed by atoms with E-state index in [1.54, 1.807) is 39.5 Å². The molecular weight excluding hydrogens is 246 g/mol. The summed E-state index contributed by atoms with van der Waals surface area (Å²) in [5.74, 6) is 1.07. The SMILES string of the molecule is COc1ccc(N(C)C(=O)CCC(C)=O)cc1OC. The summed E-state index contributed by atoms with van der Waals surface area (Å²) in [6.07, 6.45) is 0.469. The number of benzene rings is 1. The third-order valence-electron chi connectivity index (χ3n) is 2.82. The van der Waals surface area contributed by atoms with Crippen molar-refractivity contribution in [2.24, 2.45) is 0 Å². The number of Topliss-reactive ketones (excluding diaryl/α,β-unsaturated/α-hetero) is 1. The summed E-state index contributed by atoms with van der Waals surface area (Å²) in [6.45, 7) is 1.48. The summed E-state index contributed by atoms with van der Waals surface area (Å²) < 4.78 is 10.3. The highest BCUT2D eigenvalue weighted by Crippen LogP contribution is 2.31. The Bertz CT molecular complexity index is 471. The molecule has 0 fully saturated rings. The van der Waals surface area contributed by atoms with Crippen molar-refractivity contribution >= 4 is 17.4 Å². The van der Waals surface area contributed by atoms with Crippen molar-refractivity contribution in [1.82, 2.24) is 0 Å². The molecule has 0 saturated heterocycles. The van der Waals surface area contributed by atoms with Crippen molar-refractivity contribution in [1.29, 1.82) is 0 Å². The van der Waals surface area contributed by atoms with Gasteiger partial charge in [-0.1, -0.05) is 0 Å². The van der Waals surface area contributed by atoms with Crippen molar-refractivity contribution in [3.8, 4) is 11.5 Å². The van der Waals surface area contributed by atoms with E-state index >= 15 is 0 Å². The van der Waals surface area contributed by atoms with Crippen LogP contribution in [0.4, 0.5) is 5.69 Å². The van der Waals surface area contributed by atoms with Crippen molar-refractivity contribution in [3.05, 3.63) is 18.2 Å². The fourth-order valence-electron chi connectivity index (χ4n) is 1.63. The molecule has 0 aliphatic heterocycles. The predicted molar refractivity (Wildman–Crippen MR) is 72.9 cm³/mol. The summed E-state index contributed by atoms with van der Waals surface area (Å²) in [4.78, 5) is 24.3. The molecule has 0 unspecified atom stereocenters. The van der Waals surface area contributed by atoms with Crippen LogP contribution in [0.5, 0.6) is 11.5 Å². The molecule has 0 N–H and O–H groups in total. The van der Waals surface area contributed by atoms with Gasteiger partial charge in [-0.3, -0.25) is 4.79 Å². The first-order valence-electron chi connectivity index (χ1n) is 5.97. The van der Waals surface area contributed by atoms with Crippen molar-refractivity contribution in [2.75, 3.05) is 26.2 Å². The third kappa shape index (κ3) is 3.98. The Morgan fingerprint density at radius 2 is 1.74 bits per heavy atom. The van der Waals surface area contributed by atoms with Gasteiger partial charge < -0.3 is 19.2 Å². The van der Waals surface area contributed by atoms with Crippen molar-refractivity contribution < 1.29 is 19.1 Å². The van der Waals surface area contributed by atoms with E-state index in [1.807, 2.05) is 0 Å². The molecule has 0 bridgehead atoms. The number of anilines is 1. The van der Waals surface area contributed by atoms with E-state index in [1.165, 1.54) is 11.8 Å². The standard InChI is InChI=1S/C14H19NO4/c1-10(16)5-8-14(17)15(2)11-6-7-12(18-3)13(9-11)19-4/h6-7,9H,5,8H2,1-4H3. The van der Waals surface area contributed by atoms with Gasteiger partial charge in [0.05, 0.1) is 14.2 Å². The van der Waals surface area contributed by atoms with Gasteiger partial charge in [-0.2, -0.15) is 0 Å². The number of carbonyl (C=O) groups is 2. The Morgan fingerprint density at radius 3 is 2.26 bits per heavy atom. The highest BCUT2D eigenvalue weighted by Gasteiger charge is 2.14. The van der Waals surface area contributed by atoms with Crippen molar-refractivity contribution in [3.63, 3.8) is 0 Å². The van der Waals surface area contributed by atoms with Crippen LogP contribution in [0, 0.1) is 0 Å². The summed E-state index contributed by atoms with van der Waals surface area (Å²) in [5, 5.41) is 0. The maximum Gasteiger partial charge on any atom is 0.227 e. The van der Waals surface area contributed by atoms with Gasteiger partial charge in [0.25, 0.3) is 0 Å². The van der Waals surface area contributed by atoms with Crippen LogP contribution in [0.2, 0.25) is 0 Å². The second kappa shape index (κ2) is 6.78. The molecule has 5 nitrogen and oxygen atoms in total. The Hall–Kier alpha value is -2.04. The fourth-order valence-corrected chi connectivity index (χ4v) is 1.63. The molecule has 1 rings (SSSR count). The number of amides is 1. The van der Waals surface area contributed by atoms with Gasteiger partial charge >= 0.3 is 0 Å². The molecule has 5 heteroatoms. The van der Waals surface area contributed by atoms with E-state index < -0.39 is 0 Å². The zero-order valence-corrected chi connectivity index (χ0v) is 11.7. The molecule has 1 aromatic rings. The number of hydrogen-bond donors (Lipinski definition) is 0. The quantitative estimate of drug-likeness (QED) is 0.789. The maximum atomic E-state index is 11.9. The number of nitrogens with zero attached hydrogens (tertiary/aromatic N) is 1. The molecule has 0 aromatic heterocycles. The molecule has 0 radical (unpaired) electrons. The van der Waals surface area contributed by atoms with Crippen LogP contribution >= 0.6 is 0 Å². The minimum Gasteiger partial charge on any atom is -0.493 e. The summed E-state index contributed by atoms with van der Waals surface area (Å²) in [7, 11) is 4.77. The van der Waals surface area contributed by atoms with Crippen LogP contribution in [0.15, 0.2) is 18.2 Å². The van der Waals surface area contributed by atoms with Crippen molar-refractivity contribution in [2.45, 2.75) is 19.8 Å². The van der Waals surface area contributed by atoms with E-state index in [0.29, 0.717) is 17.2 Å². The lowest BCUT2D eigenvalue weighted by Gasteiger charge is -2.18. The van der Waals surface area contributed by atoms with Crippen LogP contribution in [0.25, 0.3) is 0 Å². The summed E-state index contributed by atoms with van der Waals surface area (Å²) in [6, 6.07) is 5.24. The lowest BCUT2D eigenvalue weighted by molar-refractivity contribution is -0.122. The fraction of sp³-hybridized carbons (Fsp3) is 0.429. The largest absolute Gasteiger partial charge is 0.493 e. The van der Waals surface area contributed by atoms with Crippen LogP contribution in [0.1, 0.15) is 19.8 Å². The minimum atomic E-state index is -0.109. The van der Waals surface area contributed by atoms with Crippen LogP contribution < -0.4 is 14.4 Å². The van der Waals surface area contributed by atoms with Gasteiger partial charge in [-0.15, -0.1) is 0 Å². The lowest BCUT2D eigenvalue weighted by Crippen LogP contribution is -2.26. The number of ketones is 1. The first-order chi connectivity index (χ1) is 8.99. The molecular formula is C14H19NO4. The predicted octanol–water partition coefficient (Wildman–Crippen LogP) is 2.04. The normalized spacial score (nSPS) is 9.89. The molecule has 19 heavy (non-hydrogen) atoms. The van der Waals surface area contributed by atoms with E-state index in [9.17, 15) is 9.59 Å². The molecule has 104 valence electrons. The van der Waals surface area contributed by atoms with Gasteiger partial charge in [0.15, 0.2) is 11.5 Å². The topological polar surface area (TPSA) is 55.8 Å². The average Bonchev–Trinajstić information content (AvgIpc) is 2.42. The Balaban J connectivity index is 2.84. The highest BCUT2D eigenvalue weighted by atomic mass is 16.5. The molecule has 0 heterocycles. The van der Waals surface area contributed by atoms with Crippen LogP contribution in [-0.4, -0.2) is 33.0 Å². The minimum absolute atomic E-state index is 0.00839. The molecule has 0 atom stereocenters. The highest BCUT2D eigenvalue weighted by molar-refractivity contribution is 5.95. The van der Waals surface area contributed by atoms with Crippen LogP contribution in [0.3, 0.4) is 0 Å². The second-order valence-electron chi connectivity index (χ2n) is 4.19. The zero-order valence-electron chi connectivity index (χ0n) is 11.7. The third-order valence-corrected chi connectivity index (χ3v) is 2.82. The molecule has 0 spiro atoms. The number of carbonyl (C=O) groups excluding carboxylic acids is 2. The first-order valence-corrected chi connectivity index (χ1v) is 5.97. The molecule has 1 aromatic carbocycles. The molecule has 0 saturated carbocycles. The van der Waals surface area contributed by atoms with Crippen LogP contribution in [-0.2, 0) is 9.59 Å². The van der Waals surface area contributed by atoms with E-state index in [0.717, 1.165) is 0 Å².